The summed E-state index contributed by atoms with van der Waals surface area (Å²) in [6.07, 6.45) is 0. The van der Waals surface area contributed by atoms with Crippen LogP contribution in [-0.4, -0.2) is 11.9 Å². The Morgan fingerprint density at radius 2 is 1.43 bits per heavy atom. The van der Waals surface area contributed by atoms with Crippen LogP contribution < -0.4 is 9.47 Å². The molecule has 0 radical (unpaired) electrons. The van der Waals surface area contributed by atoms with Gasteiger partial charge in [0.05, 0.1) is 0 Å². The third-order valence-electron chi connectivity index (χ3n) is 3.05. The minimum atomic E-state index is -0.397. The maximum atomic E-state index is 11.3. The van der Waals surface area contributed by atoms with E-state index in [-0.39, 0.29) is 11.3 Å². The van der Waals surface area contributed by atoms with E-state index in [2.05, 4.69) is 0 Å². The molecule has 1 rings (SSSR count). The molecule has 0 saturated carbocycles. The predicted octanol–water partition coefficient (Wildman–Crippen LogP) is 3.96. The normalized spacial score (nSPS) is 11.4. The Labute approximate surface area is 126 Å². The Hall–Kier alpha value is -1.84. The van der Waals surface area contributed by atoms with E-state index in [1.165, 1.54) is 13.8 Å². The van der Waals surface area contributed by atoms with Crippen molar-refractivity contribution in [1.29, 1.82) is 0 Å². The summed E-state index contributed by atoms with van der Waals surface area (Å²) >= 11 is 0. The number of benzene rings is 1. The molecule has 1 aromatic carbocycles. The van der Waals surface area contributed by atoms with Crippen LogP contribution in [-0.2, 0) is 15.0 Å². The molecule has 0 N–H and O–H groups in total. The molecular weight excluding hydrogens is 268 g/mol. The summed E-state index contributed by atoms with van der Waals surface area (Å²) in [6, 6.07) is 3.60. The summed E-state index contributed by atoms with van der Waals surface area (Å²) in [4.78, 5) is 22.6. The van der Waals surface area contributed by atoms with Crippen LogP contribution in [0.5, 0.6) is 11.5 Å². The van der Waals surface area contributed by atoms with E-state index < -0.39 is 11.9 Å². The fourth-order valence-electron chi connectivity index (χ4n) is 2.10. The molecule has 0 heterocycles. The first kappa shape index (κ1) is 17.2. The molecule has 4 heteroatoms. The summed E-state index contributed by atoms with van der Waals surface area (Å²) in [5.41, 5.74) is 1.65. The van der Waals surface area contributed by atoms with Crippen LogP contribution in [0.1, 0.15) is 65.5 Å². The molecule has 21 heavy (non-hydrogen) atoms. The van der Waals surface area contributed by atoms with E-state index in [1.807, 2.05) is 40.7 Å². The zero-order chi connectivity index (χ0) is 16.4. The molecule has 116 valence electrons. The van der Waals surface area contributed by atoms with Gasteiger partial charge in [-0.1, -0.05) is 34.6 Å². The lowest BCUT2D eigenvalue weighted by atomic mass is 9.83. The molecule has 0 saturated heterocycles. The quantitative estimate of drug-likeness (QED) is 0.625. The fourth-order valence-corrected chi connectivity index (χ4v) is 2.10. The van der Waals surface area contributed by atoms with Gasteiger partial charge in [-0.2, -0.15) is 0 Å². The standard InChI is InChI=1S/C17H24O4/c1-10(2)13-8-14(17(5,6)7)16(21-12(4)19)9-15(13)20-11(3)18/h8-10H,1-7H3. The van der Waals surface area contributed by atoms with E-state index in [0.717, 1.165) is 11.1 Å². The van der Waals surface area contributed by atoms with Crippen LogP contribution in [0.25, 0.3) is 0 Å². The number of ether oxygens (including phenoxy) is 2. The van der Waals surface area contributed by atoms with Crippen molar-refractivity contribution in [3.63, 3.8) is 0 Å². The minimum absolute atomic E-state index is 0.187. The highest BCUT2D eigenvalue weighted by Gasteiger charge is 2.24. The minimum Gasteiger partial charge on any atom is -0.426 e. The van der Waals surface area contributed by atoms with Crippen LogP contribution in [0, 0.1) is 0 Å². The fraction of sp³-hybridized carbons (Fsp3) is 0.529. The van der Waals surface area contributed by atoms with Gasteiger partial charge in [-0.3, -0.25) is 9.59 Å². The number of hydrogen-bond acceptors (Lipinski definition) is 4. The summed E-state index contributed by atoms with van der Waals surface area (Å²) < 4.78 is 10.6. The summed E-state index contributed by atoms with van der Waals surface area (Å²) in [5, 5.41) is 0. The topological polar surface area (TPSA) is 52.6 Å². The Kier molecular flexibility index (Phi) is 5.15. The molecule has 4 nitrogen and oxygen atoms in total. The largest absolute Gasteiger partial charge is 0.426 e. The zero-order valence-corrected chi connectivity index (χ0v) is 13.9. The summed E-state index contributed by atoms with van der Waals surface area (Å²) in [7, 11) is 0. The lowest BCUT2D eigenvalue weighted by Gasteiger charge is -2.25. The average Bonchev–Trinajstić information content (AvgIpc) is 2.24. The van der Waals surface area contributed by atoms with Gasteiger partial charge in [0.15, 0.2) is 0 Å². The molecule has 0 aliphatic carbocycles. The number of carbonyl (C=O) groups excluding carboxylic acids is 2. The van der Waals surface area contributed by atoms with Gasteiger partial charge in [0.2, 0.25) is 0 Å². The molecule has 0 aromatic heterocycles. The second-order valence-electron chi connectivity index (χ2n) is 6.48. The van der Waals surface area contributed by atoms with Gasteiger partial charge < -0.3 is 9.47 Å². The third-order valence-corrected chi connectivity index (χ3v) is 3.05. The molecule has 0 spiro atoms. The van der Waals surface area contributed by atoms with Crippen LogP contribution in [0.2, 0.25) is 0 Å². The Balaban J connectivity index is 3.53. The monoisotopic (exact) mass is 292 g/mol. The number of hydrogen-bond donors (Lipinski definition) is 0. The van der Waals surface area contributed by atoms with Gasteiger partial charge in [0, 0.05) is 25.5 Å². The lowest BCUT2D eigenvalue weighted by Crippen LogP contribution is -2.17. The molecule has 1 aromatic rings. The van der Waals surface area contributed by atoms with Crippen molar-refractivity contribution in [3.05, 3.63) is 23.3 Å². The molecule has 0 aliphatic heterocycles. The van der Waals surface area contributed by atoms with E-state index in [0.29, 0.717) is 11.5 Å². The summed E-state index contributed by atoms with van der Waals surface area (Å²) in [5.74, 6) is 0.282. The third kappa shape index (κ3) is 4.59. The van der Waals surface area contributed by atoms with Crippen LogP contribution in [0.3, 0.4) is 0 Å². The maximum Gasteiger partial charge on any atom is 0.308 e. The second-order valence-corrected chi connectivity index (χ2v) is 6.48. The molecule has 0 atom stereocenters. The molecule has 0 bridgehead atoms. The first-order valence-corrected chi connectivity index (χ1v) is 7.07. The maximum absolute atomic E-state index is 11.3. The number of carbonyl (C=O) groups is 2. The molecule has 0 fully saturated rings. The number of rotatable bonds is 3. The van der Waals surface area contributed by atoms with Crippen molar-refractivity contribution in [2.24, 2.45) is 0 Å². The first-order chi connectivity index (χ1) is 9.52. The second kappa shape index (κ2) is 6.29. The SMILES string of the molecule is CC(=O)Oc1cc(OC(C)=O)c(C(C)(C)C)cc1C(C)C. The van der Waals surface area contributed by atoms with Crippen LogP contribution >= 0.6 is 0 Å². The van der Waals surface area contributed by atoms with Crippen LogP contribution in [0.4, 0.5) is 0 Å². The van der Waals surface area contributed by atoms with Crippen LogP contribution in [0.15, 0.2) is 12.1 Å². The lowest BCUT2D eigenvalue weighted by molar-refractivity contribution is -0.132. The molecule has 0 unspecified atom stereocenters. The Morgan fingerprint density at radius 3 is 1.81 bits per heavy atom. The van der Waals surface area contributed by atoms with Crippen molar-refractivity contribution in [2.75, 3.05) is 0 Å². The van der Waals surface area contributed by atoms with E-state index in [9.17, 15) is 9.59 Å². The highest BCUT2D eigenvalue weighted by atomic mass is 16.5. The molecule has 0 aliphatic rings. The predicted molar refractivity (Wildman–Crippen MR) is 81.8 cm³/mol. The first-order valence-electron chi connectivity index (χ1n) is 7.07. The number of esters is 2. The van der Waals surface area contributed by atoms with Gasteiger partial charge in [0.1, 0.15) is 11.5 Å². The Bertz CT molecular complexity index is 551. The van der Waals surface area contributed by atoms with E-state index >= 15 is 0 Å². The average molecular weight is 292 g/mol. The van der Waals surface area contributed by atoms with E-state index in [1.54, 1.807) is 6.07 Å². The Morgan fingerprint density at radius 1 is 0.952 bits per heavy atom. The van der Waals surface area contributed by atoms with E-state index in [4.69, 9.17) is 9.47 Å². The van der Waals surface area contributed by atoms with Crippen molar-refractivity contribution in [1.82, 2.24) is 0 Å². The highest BCUT2D eigenvalue weighted by molar-refractivity contribution is 5.73. The van der Waals surface area contributed by atoms with Gasteiger partial charge in [0.25, 0.3) is 0 Å². The van der Waals surface area contributed by atoms with Crippen molar-refractivity contribution < 1.29 is 19.1 Å². The van der Waals surface area contributed by atoms with Gasteiger partial charge in [-0.15, -0.1) is 0 Å². The zero-order valence-electron chi connectivity index (χ0n) is 13.9. The molecule has 0 amide bonds. The van der Waals surface area contributed by atoms with Gasteiger partial charge >= 0.3 is 11.9 Å². The van der Waals surface area contributed by atoms with Gasteiger partial charge in [-0.25, -0.2) is 0 Å². The smallest absolute Gasteiger partial charge is 0.308 e. The van der Waals surface area contributed by atoms with Gasteiger partial charge in [-0.05, 0) is 23.0 Å². The molecular formula is C17H24O4. The van der Waals surface area contributed by atoms with Crippen molar-refractivity contribution in [2.45, 2.75) is 59.8 Å². The van der Waals surface area contributed by atoms with Crippen molar-refractivity contribution >= 4 is 11.9 Å². The summed E-state index contributed by atoms with van der Waals surface area (Å²) in [6.45, 7) is 12.9. The van der Waals surface area contributed by atoms with Crippen molar-refractivity contribution in [3.8, 4) is 11.5 Å². The highest BCUT2D eigenvalue weighted by Crippen LogP contribution is 2.39.